The minimum Gasteiger partial charge on any atom is -0.497 e. The third-order valence-electron chi connectivity index (χ3n) is 4.45. The first-order chi connectivity index (χ1) is 16.0. The summed E-state index contributed by atoms with van der Waals surface area (Å²) in [5.74, 6) is 1.83. The molecule has 0 atom stereocenters. The Labute approximate surface area is 192 Å². The Hall–Kier alpha value is -3.86. The number of benzene rings is 2. The molecule has 0 unspecified atom stereocenters. The average molecular weight is 469 g/mol. The normalized spacial score (nSPS) is 10.8. The molecule has 0 aliphatic rings. The number of rotatable bonds is 9. The van der Waals surface area contributed by atoms with Crippen LogP contribution in [0.1, 0.15) is 11.6 Å². The van der Waals surface area contributed by atoms with Crippen molar-refractivity contribution in [3.63, 3.8) is 0 Å². The van der Waals surface area contributed by atoms with Crippen molar-refractivity contribution in [2.24, 2.45) is 0 Å². The summed E-state index contributed by atoms with van der Waals surface area (Å²) in [7, 11) is 1.58. The van der Waals surface area contributed by atoms with Crippen LogP contribution in [-0.2, 0) is 11.4 Å². The van der Waals surface area contributed by atoms with E-state index in [0.29, 0.717) is 34.1 Å². The van der Waals surface area contributed by atoms with Crippen LogP contribution in [0.25, 0.3) is 5.69 Å². The van der Waals surface area contributed by atoms with Crippen LogP contribution < -0.4 is 14.8 Å². The summed E-state index contributed by atoms with van der Waals surface area (Å²) in [6.45, 7) is 1.77. The van der Waals surface area contributed by atoms with Crippen LogP contribution in [-0.4, -0.2) is 38.7 Å². The molecule has 2 heterocycles. The molecule has 0 radical (unpaired) electrons. The number of carbonyl (C=O) groups is 1. The Balaban J connectivity index is 1.52. The number of amides is 1. The molecular weight excluding hydrogens is 449 g/mol. The van der Waals surface area contributed by atoms with E-state index in [1.54, 1.807) is 62.6 Å². The van der Waals surface area contributed by atoms with Crippen LogP contribution in [0.4, 0.5) is 10.2 Å². The number of hydrogen-bond acceptors (Lipinski definition) is 8. The Kier molecular flexibility index (Phi) is 6.89. The van der Waals surface area contributed by atoms with E-state index in [1.807, 2.05) is 0 Å². The van der Waals surface area contributed by atoms with Crippen LogP contribution in [0.5, 0.6) is 11.5 Å². The lowest BCUT2D eigenvalue weighted by Gasteiger charge is -2.12. The summed E-state index contributed by atoms with van der Waals surface area (Å²) >= 11 is 1.11. The Bertz CT molecular complexity index is 1240. The summed E-state index contributed by atoms with van der Waals surface area (Å²) in [6.07, 6.45) is 0. The number of ether oxygens (including phenoxy) is 2. The third kappa shape index (κ3) is 5.50. The second-order valence-electron chi connectivity index (χ2n) is 6.81. The first-order valence-corrected chi connectivity index (χ1v) is 10.8. The standard InChI is InChI=1S/C22H20FN5O4S/c1-14-11-19(27-32-14)24-21(29)13-33-22-26-25-20(28(22)18-6-4-3-5-17(18)23)12-31-16-9-7-15(30-2)8-10-16/h3-11H,12-13H2,1-2H3,(H,24,27,29). The van der Waals surface area contributed by atoms with E-state index in [4.69, 9.17) is 14.0 Å². The zero-order chi connectivity index (χ0) is 23.2. The van der Waals surface area contributed by atoms with Gasteiger partial charge in [-0.1, -0.05) is 29.1 Å². The molecule has 4 aromatic rings. The van der Waals surface area contributed by atoms with Gasteiger partial charge in [-0.15, -0.1) is 10.2 Å². The number of carbonyl (C=O) groups excluding carboxylic acids is 1. The van der Waals surface area contributed by atoms with Gasteiger partial charge in [-0.25, -0.2) is 4.39 Å². The van der Waals surface area contributed by atoms with Crippen molar-refractivity contribution in [1.82, 2.24) is 19.9 Å². The molecule has 2 aromatic heterocycles. The molecular formula is C22H20FN5O4S. The number of halogens is 1. The molecule has 33 heavy (non-hydrogen) atoms. The van der Waals surface area contributed by atoms with Gasteiger partial charge in [0.1, 0.15) is 29.7 Å². The fourth-order valence-corrected chi connectivity index (χ4v) is 3.68. The average Bonchev–Trinajstić information content (AvgIpc) is 3.42. The molecule has 4 rings (SSSR count). The summed E-state index contributed by atoms with van der Waals surface area (Å²) < 4.78 is 32.0. The van der Waals surface area contributed by atoms with Gasteiger partial charge in [-0.2, -0.15) is 0 Å². The van der Waals surface area contributed by atoms with Crippen molar-refractivity contribution in [2.45, 2.75) is 18.7 Å². The first-order valence-electron chi connectivity index (χ1n) is 9.85. The van der Waals surface area contributed by atoms with Gasteiger partial charge in [0.05, 0.1) is 18.6 Å². The molecule has 0 saturated heterocycles. The van der Waals surface area contributed by atoms with Gasteiger partial charge < -0.3 is 19.3 Å². The maximum Gasteiger partial charge on any atom is 0.236 e. The molecule has 1 amide bonds. The number of nitrogens with one attached hydrogen (secondary N) is 1. The molecule has 2 aromatic carbocycles. The highest BCUT2D eigenvalue weighted by molar-refractivity contribution is 7.99. The zero-order valence-electron chi connectivity index (χ0n) is 17.8. The van der Waals surface area contributed by atoms with E-state index in [-0.39, 0.29) is 24.0 Å². The molecule has 170 valence electrons. The Morgan fingerprint density at radius 3 is 2.61 bits per heavy atom. The zero-order valence-corrected chi connectivity index (χ0v) is 18.6. The van der Waals surface area contributed by atoms with E-state index < -0.39 is 5.82 Å². The topological polar surface area (TPSA) is 104 Å². The van der Waals surface area contributed by atoms with Gasteiger partial charge in [0.25, 0.3) is 0 Å². The lowest BCUT2D eigenvalue weighted by atomic mass is 10.3. The van der Waals surface area contributed by atoms with E-state index >= 15 is 0 Å². The van der Waals surface area contributed by atoms with E-state index in [0.717, 1.165) is 11.8 Å². The lowest BCUT2D eigenvalue weighted by molar-refractivity contribution is -0.113. The Morgan fingerprint density at radius 1 is 1.15 bits per heavy atom. The molecule has 11 heteroatoms. The molecule has 0 spiro atoms. The highest BCUT2D eigenvalue weighted by atomic mass is 32.2. The second kappa shape index (κ2) is 10.2. The summed E-state index contributed by atoms with van der Waals surface area (Å²) in [5.41, 5.74) is 0.255. The molecule has 0 aliphatic carbocycles. The minimum atomic E-state index is -0.452. The van der Waals surface area contributed by atoms with Gasteiger partial charge in [-0.05, 0) is 43.3 Å². The quantitative estimate of drug-likeness (QED) is 0.367. The minimum absolute atomic E-state index is 0.0117. The van der Waals surface area contributed by atoms with Crippen molar-refractivity contribution < 1.29 is 23.2 Å². The van der Waals surface area contributed by atoms with Gasteiger partial charge in [0, 0.05) is 6.07 Å². The van der Waals surface area contributed by atoms with E-state index in [2.05, 4.69) is 20.7 Å². The maximum absolute atomic E-state index is 14.6. The summed E-state index contributed by atoms with van der Waals surface area (Å²) in [4.78, 5) is 12.3. The van der Waals surface area contributed by atoms with E-state index in [1.165, 1.54) is 10.6 Å². The fourth-order valence-electron chi connectivity index (χ4n) is 2.92. The van der Waals surface area contributed by atoms with Crippen molar-refractivity contribution in [1.29, 1.82) is 0 Å². The van der Waals surface area contributed by atoms with Crippen molar-refractivity contribution in [3.05, 3.63) is 72.0 Å². The van der Waals surface area contributed by atoms with Crippen LogP contribution in [0.2, 0.25) is 0 Å². The predicted molar refractivity (Wildman–Crippen MR) is 119 cm³/mol. The number of hydrogen-bond donors (Lipinski definition) is 1. The smallest absolute Gasteiger partial charge is 0.236 e. The molecule has 0 bridgehead atoms. The number of methoxy groups -OCH3 is 1. The summed E-state index contributed by atoms with van der Waals surface area (Å²) in [6, 6.07) is 14.9. The van der Waals surface area contributed by atoms with Gasteiger partial charge in [0.2, 0.25) is 5.91 Å². The van der Waals surface area contributed by atoms with Gasteiger partial charge in [-0.3, -0.25) is 9.36 Å². The molecule has 0 aliphatic heterocycles. The van der Waals surface area contributed by atoms with Gasteiger partial charge >= 0.3 is 0 Å². The molecule has 0 saturated carbocycles. The highest BCUT2D eigenvalue weighted by Gasteiger charge is 2.19. The number of anilines is 1. The number of nitrogens with zero attached hydrogens (tertiary/aromatic N) is 4. The predicted octanol–water partition coefficient (Wildman–Crippen LogP) is 4.02. The van der Waals surface area contributed by atoms with Crippen molar-refractivity contribution in [3.8, 4) is 17.2 Å². The molecule has 1 N–H and O–H groups in total. The van der Waals surface area contributed by atoms with Crippen molar-refractivity contribution in [2.75, 3.05) is 18.2 Å². The lowest BCUT2D eigenvalue weighted by Crippen LogP contribution is -2.15. The van der Waals surface area contributed by atoms with Crippen molar-refractivity contribution >= 4 is 23.5 Å². The number of aromatic nitrogens is 4. The fraction of sp³-hybridized carbons (Fsp3) is 0.182. The van der Waals surface area contributed by atoms with Gasteiger partial charge in [0.15, 0.2) is 16.8 Å². The SMILES string of the molecule is COc1ccc(OCc2nnc(SCC(=O)Nc3cc(C)on3)n2-c2ccccc2F)cc1. The van der Waals surface area contributed by atoms with Crippen LogP contribution in [0, 0.1) is 12.7 Å². The number of aryl methyl sites for hydroxylation is 1. The van der Waals surface area contributed by atoms with E-state index in [9.17, 15) is 9.18 Å². The third-order valence-corrected chi connectivity index (χ3v) is 5.38. The molecule has 0 fully saturated rings. The monoisotopic (exact) mass is 469 g/mol. The highest BCUT2D eigenvalue weighted by Crippen LogP contribution is 2.25. The van der Waals surface area contributed by atoms with Crippen LogP contribution >= 0.6 is 11.8 Å². The maximum atomic E-state index is 14.6. The second-order valence-corrected chi connectivity index (χ2v) is 7.75. The first kappa shape index (κ1) is 22.3. The number of para-hydroxylation sites is 1. The molecule has 9 nitrogen and oxygen atoms in total. The largest absolute Gasteiger partial charge is 0.497 e. The number of thioether (sulfide) groups is 1. The summed E-state index contributed by atoms with van der Waals surface area (Å²) in [5, 5.41) is 15.0. The van der Waals surface area contributed by atoms with Crippen LogP contribution in [0.15, 0.2) is 64.3 Å². The Morgan fingerprint density at radius 2 is 1.91 bits per heavy atom. The van der Waals surface area contributed by atoms with Crippen LogP contribution in [0.3, 0.4) is 0 Å².